The van der Waals surface area contributed by atoms with Gasteiger partial charge in [-0.25, -0.2) is 15.0 Å². The first-order valence-corrected chi connectivity index (χ1v) is 6.47. The molecule has 18 heavy (non-hydrogen) atoms. The minimum Gasteiger partial charge on any atom is -0.481 e. The number of ether oxygens (including phenoxy) is 1. The molecule has 2 heterocycles. The summed E-state index contributed by atoms with van der Waals surface area (Å²) >= 11 is 2.22. The lowest BCUT2D eigenvalue weighted by Crippen LogP contribution is -2.03. The second kappa shape index (κ2) is 5.47. The van der Waals surface area contributed by atoms with Crippen LogP contribution in [-0.4, -0.2) is 29.1 Å². The van der Waals surface area contributed by atoms with Crippen molar-refractivity contribution in [2.24, 2.45) is 0 Å². The van der Waals surface area contributed by atoms with Crippen molar-refractivity contribution in [3.63, 3.8) is 0 Å². The third-order valence-electron chi connectivity index (χ3n) is 2.42. The number of halogens is 1. The summed E-state index contributed by atoms with van der Waals surface area (Å²) in [4.78, 5) is 13.2. The highest BCUT2D eigenvalue weighted by Crippen LogP contribution is 2.23. The van der Waals surface area contributed by atoms with Crippen LogP contribution in [0, 0.1) is 10.5 Å². The van der Waals surface area contributed by atoms with Gasteiger partial charge in [-0.3, -0.25) is 0 Å². The molecule has 94 valence electrons. The molecule has 0 aliphatic rings. The average molecular weight is 356 g/mol. The van der Waals surface area contributed by atoms with Crippen LogP contribution in [0.25, 0.3) is 11.5 Å². The maximum Gasteiger partial charge on any atom is 0.213 e. The lowest BCUT2D eigenvalue weighted by Gasteiger charge is -2.08. The van der Waals surface area contributed by atoms with E-state index in [1.54, 1.807) is 13.2 Å². The molecule has 0 aromatic carbocycles. The van der Waals surface area contributed by atoms with Crippen molar-refractivity contribution in [1.29, 1.82) is 0 Å². The van der Waals surface area contributed by atoms with Crippen LogP contribution < -0.4 is 10.1 Å². The Morgan fingerprint density at radius 3 is 2.67 bits per heavy atom. The number of rotatable bonds is 3. The summed E-state index contributed by atoms with van der Waals surface area (Å²) in [5.74, 6) is 1.96. The average Bonchev–Trinajstić information content (AvgIpc) is 2.41. The Kier molecular flexibility index (Phi) is 3.95. The molecule has 0 aliphatic carbocycles. The SMILES string of the molecule is CNc1nc(-c2cccc(OC)n2)nc(C)c1I. The Morgan fingerprint density at radius 2 is 2.00 bits per heavy atom. The molecular weight excluding hydrogens is 343 g/mol. The van der Waals surface area contributed by atoms with Crippen molar-refractivity contribution in [3.8, 4) is 17.4 Å². The van der Waals surface area contributed by atoms with Gasteiger partial charge in [-0.2, -0.15) is 0 Å². The first-order valence-electron chi connectivity index (χ1n) is 5.39. The molecule has 0 amide bonds. The van der Waals surface area contributed by atoms with E-state index in [2.05, 4.69) is 42.9 Å². The van der Waals surface area contributed by atoms with Gasteiger partial charge in [-0.05, 0) is 35.6 Å². The van der Waals surface area contributed by atoms with Gasteiger partial charge in [0.2, 0.25) is 5.88 Å². The zero-order valence-electron chi connectivity index (χ0n) is 10.4. The van der Waals surface area contributed by atoms with Crippen molar-refractivity contribution in [2.45, 2.75) is 6.92 Å². The van der Waals surface area contributed by atoms with E-state index in [-0.39, 0.29) is 0 Å². The summed E-state index contributed by atoms with van der Waals surface area (Å²) in [6, 6.07) is 5.53. The van der Waals surface area contributed by atoms with E-state index in [0.29, 0.717) is 17.4 Å². The summed E-state index contributed by atoms with van der Waals surface area (Å²) in [5, 5.41) is 3.06. The van der Waals surface area contributed by atoms with Crippen LogP contribution in [0.1, 0.15) is 5.69 Å². The zero-order chi connectivity index (χ0) is 13.1. The molecule has 0 aliphatic heterocycles. The Bertz CT molecular complexity index is 574. The smallest absolute Gasteiger partial charge is 0.213 e. The van der Waals surface area contributed by atoms with E-state index in [9.17, 15) is 0 Å². The predicted molar refractivity (Wildman–Crippen MR) is 78.8 cm³/mol. The maximum atomic E-state index is 5.10. The lowest BCUT2D eigenvalue weighted by molar-refractivity contribution is 0.398. The highest BCUT2D eigenvalue weighted by Gasteiger charge is 2.11. The molecule has 0 bridgehead atoms. The number of hydrogen-bond donors (Lipinski definition) is 1. The van der Waals surface area contributed by atoms with E-state index < -0.39 is 0 Å². The van der Waals surface area contributed by atoms with Gasteiger partial charge < -0.3 is 10.1 Å². The summed E-state index contributed by atoms with van der Waals surface area (Å²) in [5.41, 5.74) is 1.62. The van der Waals surface area contributed by atoms with E-state index in [1.165, 1.54) is 0 Å². The third kappa shape index (κ3) is 2.53. The quantitative estimate of drug-likeness (QED) is 0.857. The Hall–Kier alpha value is -1.44. The topological polar surface area (TPSA) is 59.9 Å². The first kappa shape index (κ1) is 13.0. The number of nitrogens with one attached hydrogen (secondary N) is 1. The molecule has 2 aromatic rings. The summed E-state index contributed by atoms with van der Waals surface area (Å²) < 4.78 is 6.12. The maximum absolute atomic E-state index is 5.10. The standard InChI is InChI=1S/C12H13IN4O/c1-7-10(13)12(14-2)17-11(15-7)8-5-4-6-9(16-8)18-3/h4-6H,1-3H3,(H,14,15,17). The molecular formula is C12H13IN4O. The van der Waals surface area contributed by atoms with Crippen LogP contribution in [0.3, 0.4) is 0 Å². The van der Waals surface area contributed by atoms with Gasteiger partial charge in [0.05, 0.1) is 16.4 Å². The number of methoxy groups -OCH3 is 1. The van der Waals surface area contributed by atoms with E-state index in [4.69, 9.17) is 4.74 Å². The van der Waals surface area contributed by atoms with Crippen LogP contribution in [-0.2, 0) is 0 Å². The van der Waals surface area contributed by atoms with Crippen molar-refractivity contribution < 1.29 is 4.74 Å². The second-order valence-electron chi connectivity index (χ2n) is 3.61. The minimum absolute atomic E-state index is 0.554. The van der Waals surface area contributed by atoms with Crippen LogP contribution in [0.5, 0.6) is 5.88 Å². The fourth-order valence-electron chi connectivity index (χ4n) is 1.49. The number of aryl methyl sites for hydroxylation is 1. The highest BCUT2D eigenvalue weighted by atomic mass is 127. The molecule has 5 nitrogen and oxygen atoms in total. The van der Waals surface area contributed by atoms with Crippen LogP contribution in [0.4, 0.5) is 5.82 Å². The molecule has 0 radical (unpaired) electrons. The normalized spacial score (nSPS) is 10.2. The second-order valence-corrected chi connectivity index (χ2v) is 4.69. The first-order chi connectivity index (χ1) is 8.65. The number of hydrogen-bond acceptors (Lipinski definition) is 5. The van der Waals surface area contributed by atoms with Crippen molar-refractivity contribution >= 4 is 28.4 Å². The lowest BCUT2D eigenvalue weighted by atomic mass is 10.3. The van der Waals surface area contributed by atoms with Crippen LogP contribution in [0.15, 0.2) is 18.2 Å². The predicted octanol–water partition coefficient (Wildman–Crippen LogP) is 2.50. The Labute approximate surface area is 119 Å². The molecule has 0 spiro atoms. The summed E-state index contributed by atoms with van der Waals surface area (Å²) in [7, 11) is 3.43. The molecule has 2 rings (SSSR count). The monoisotopic (exact) mass is 356 g/mol. The van der Waals surface area contributed by atoms with Gasteiger partial charge in [-0.1, -0.05) is 6.07 Å². The molecule has 0 saturated heterocycles. The molecule has 6 heteroatoms. The van der Waals surface area contributed by atoms with Gasteiger partial charge in [-0.15, -0.1) is 0 Å². The van der Waals surface area contributed by atoms with E-state index >= 15 is 0 Å². The van der Waals surface area contributed by atoms with Gasteiger partial charge in [0, 0.05) is 13.1 Å². The van der Waals surface area contributed by atoms with Gasteiger partial charge >= 0.3 is 0 Å². The van der Waals surface area contributed by atoms with E-state index in [0.717, 1.165) is 15.1 Å². The van der Waals surface area contributed by atoms with Crippen molar-refractivity contribution in [2.75, 3.05) is 19.5 Å². The molecule has 2 aromatic heterocycles. The number of pyridine rings is 1. The van der Waals surface area contributed by atoms with E-state index in [1.807, 2.05) is 26.1 Å². The molecule has 0 atom stereocenters. The fourth-order valence-corrected chi connectivity index (χ4v) is 2.00. The number of anilines is 1. The van der Waals surface area contributed by atoms with Crippen molar-refractivity contribution in [1.82, 2.24) is 15.0 Å². The minimum atomic E-state index is 0.554. The van der Waals surface area contributed by atoms with Gasteiger partial charge in [0.15, 0.2) is 5.82 Å². The zero-order valence-corrected chi connectivity index (χ0v) is 12.5. The molecule has 0 fully saturated rings. The number of nitrogens with zero attached hydrogens (tertiary/aromatic N) is 3. The van der Waals surface area contributed by atoms with Crippen LogP contribution >= 0.6 is 22.6 Å². The molecule has 0 saturated carbocycles. The summed E-state index contributed by atoms with van der Waals surface area (Å²) in [6.07, 6.45) is 0. The van der Waals surface area contributed by atoms with Gasteiger partial charge in [0.25, 0.3) is 0 Å². The van der Waals surface area contributed by atoms with Gasteiger partial charge in [0.1, 0.15) is 11.5 Å². The number of aromatic nitrogens is 3. The summed E-state index contributed by atoms with van der Waals surface area (Å²) in [6.45, 7) is 1.95. The fraction of sp³-hybridized carbons (Fsp3) is 0.250. The molecule has 0 unspecified atom stereocenters. The Balaban J connectivity index is 2.53. The molecule has 1 N–H and O–H groups in total. The highest BCUT2D eigenvalue weighted by molar-refractivity contribution is 14.1. The van der Waals surface area contributed by atoms with Crippen molar-refractivity contribution in [3.05, 3.63) is 27.5 Å². The largest absolute Gasteiger partial charge is 0.481 e. The third-order valence-corrected chi connectivity index (χ3v) is 3.71. The van der Waals surface area contributed by atoms with Crippen LogP contribution in [0.2, 0.25) is 0 Å². The Morgan fingerprint density at radius 1 is 1.22 bits per heavy atom.